The van der Waals surface area contributed by atoms with Gasteiger partial charge in [0.05, 0.1) is 12.8 Å². The minimum atomic E-state index is -0.304. The zero-order valence-electron chi connectivity index (χ0n) is 17.4. The molecule has 0 aliphatic heterocycles. The zero-order chi connectivity index (χ0) is 21.1. The van der Waals surface area contributed by atoms with Crippen molar-refractivity contribution < 1.29 is 13.9 Å². The summed E-state index contributed by atoms with van der Waals surface area (Å²) in [5, 5.41) is 7.74. The molecule has 0 radical (unpaired) electrons. The summed E-state index contributed by atoms with van der Waals surface area (Å²) in [4.78, 5) is 14.6. The molecule has 154 valence electrons. The van der Waals surface area contributed by atoms with Crippen molar-refractivity contribution in [1.82, 2.24) is 10.2 Å². The molecule has 6 heteroatoms. The lowest BCUT2D eigenvalue weighted by atomic mass is 10.1. The summed E-state index contributed by atoms with van der Waals surface area (Å²) in [6.07, 6.45) is 0. The normalized spacial score (nSPS) is 11.2. The maximum absolute atomic E-state index is 12.5. The van der Waals surface area contributed by atoms with Gasteiger partial charge in [-0.15, -0.1) is 0 Å². The number of rotatable bonds is 6. The van der Waals surface area contributed by atoms with Gasteiger partial charge in [0.1, 0.15) is 16.9 Å². The molecule has 1 heterocycles. The smallest absolute Gasteiger partial charge is 0.319 e. The summed E-state index contributed by atoms with van der Waals surface area (Å²) in [6.45, 7) is 1.29. The maximum atomic E-state index is 12.5. The third-order valence-electron chi connectivity index (χ3n) is 4.89. The molecule has 0 saturated carbocycles. The highest BCUT2D eigenvalue weighted by Gasteiger charge is 2.14. The highest BCUT2D eigenvalue weighted by atomic mass is 16.5. The molecule has 0 atom stereocenters. The average Bonchev–Trinajstić information content (AvgIpc) is 3.09. The first-order chi connectivity index (χ1) is 14.5. The molecule has 0 aliphatic carbocycles. The molecule has 4 aromatic rings. The Labute approximate surface area is 175 Å². The van der Waals surface area contributed by atoms with Gasteiger partial charge in [-0.05, 0) is 37.4 Å². The van der Waals surface area contributed by atoms with Crippen molar-refractivity contribution in [3.05, 3.63) is 71.8 Å². The molecule has 2 N–H and O–H groups in total. The molecule has 3 aromatic carbocycles. The topological polar surface area (TPSA) is 66.7 Å². The number of furan rings is 1. The van der Waals surface area contributed by atoms with Gasteiger partial charge in [0.2, 0.25) is 0 Å². The number of nitrogens with one attached hydrogen (secondary N) is 2. The molecule has 30 heavy (non-hydrogen) atoms. The number of carbonyl (C=O) groups excluding carboxylic acids is 1. The van der Waals surface area contributed by atoms with Crippen molar-refractivity contribution in [2.45, 2.75) is 13.1 Å². The summed E-state index contributed by atoms with van der Waals surface area (Å²) < 4.78 is 11.4. The molecule has 6 nitrogen and oxygen atoms in total. The van der Waals surface area contributed by atoms with Crippen molar-refractivity contribution in [3.63, 3.8) is 0 Å². The van der Waals surface area contributed by atoms with Gasteiger partial charge in [-0.3, -0.25) is 0 Å². The number of hydrogen-bond acceptors (Lipinski definition) is 4. The van der Waals surface area contributed by atoms with Crippen LogP contribution < -0.4 is 15.4 Å². The van der Waals surface area contributed by atoms with E-state index in [1.165, 1.54) is 5.56 Å². The van der Waals surface area contributed by atoms with E-state index in [-0.39, 0.29) is 6.03 Å². The van der Waals surface area contributed by atoms with Gasteiger partial charge >= 0.3 is 6.03 Å². The van der Waals surface area contributed by atoms with Gasteiger partial charge in [-0.2, -0.15) is 0 Å². The third-order valence-corrected chi connectivity index (χ3v) is 4.89. The molecule has 0 bridgehead atoms. The Morgan fingerprint density at radius 3 is 2.57 bits per heavy atom. The van der Waals surface area contributed by atoms with E-state index < -0.39 is 0 Å². The number of benzene rings is 3. The summed E-state index contributed by atoms with van der Waals surface area (Å²) in [6, 6.07) is 19.4. The maximum Gasteiger partial charge on any atom is 0.319 e. The second-order valence-electron chi connectivity index (χ2n) is 7.51. The van der Waals surface area contributed by atoms with E-state index in [0.717, 1.165) is 28.5 Å². The highest BCUT2D eigenvalue weighted by molar-refractivity contribution is 6.07. The van der Waals surface area contributed by atoms with Crippen LogP contribution in [-0.4, -0.2) is 32.1 Å². The zero-order valence-corrected chi connectivity index (χ0v) is 17.4. The second kappa shape index (κ2) is 8.47. The Kier molecular flexibility index (Phi) is 5.59. The molecule has 2 amide bonds. The molecule has 0 aliphatic rings. The second-order valence-corrected chi connectivity index (χ2v) is 7.51. The molecule has 0 spiro atoms. The van der Waals surface area contributed by atoms with Crippen LogP contribution in [0, 0.1) is 0 Å². The lowest BCUT2D eigenvalue weighted by Gasteiger charge is -2.13. The third kappa shape index (κ3) is 4.23. The van der Waals surface area contributed by atoms with Crippen molar-refractivity contribution in [2.75, 3.05) is 26.5 Å². The number of ether oxygens (including phenoxy) is 1. The predicted octanol–water partition coefficient (Wildman–Crippen LogP) is 4.98. The predicted molar refractivity (Wildman–Crippen MR) is 120 cm³/mol. The summed E-state index contributed by atoms with van der Waals surface area (Å²) in [5.41, 5.74) is 4.31. The van der Waals surface area contributed by atoms with Crippen molar-refractivity contribution >= 4 is 33.7 Å². The number of carbonyl (C=O) groups is 1. The lowest BCUT2D eigenvalue weighted by Crippen LogP contribution is -2.28. The van der Waals surface area contributed by atoms with Crippen molar-refractivity contribution in [3.8, 4) is 5.75 Å². The SMILES string of the molecule is COc1cc2c(cc1NC(=O)NCc1cccc(CN(C)C)c1)oc1ccccc12. The van der Waals surface area contributed by atoms with E-state index in [2.05, 4.69) is 27.7 Å². The molecule has 1 aromatic heterocycles. The molecular weight excluding hydrogens is 378 g/mol. The van der Waals surface area contributed by atoms with Crippen LogP contribution in [0.3, 0.4) is 0 Å². The molecule has 0 unspecified atom stereocenters. The standard InChI is InChI=1S/C24H25N3O3/c1-27(2)15-17-8-6-7-16(11-17)14-25-24(28)26-20-13-22-19(12-23(20)29-3)18-9-4-5-10-21(18)30-22/h4-13H,14-15H2,1-3H3,(H2,25,26,28). The quantitative estimate of drug-likeness (QED) is 0.477. The first kappa shape index (κ1) is 19.8. The Balaban J connectivity index is 1.49. The number of hydrogen-bond donors (Lipinski definition) is 2. The number of fused-ring (bicyclic) bond motifs is 3. The lowest BCUT2D eigenvalue weighted by molar-refractivity contribution is 0.251. The van der Waals surface area contributed by atoms with Crippen LogP contribution in [0.15, 0.2) is 65.1 Å². The summed E-state index contributed by atoms with van der Waals surface area (Å²) in [5.74, 6) is 0.581. The number of anilines is 1. The van der Waals surface area contributed by atoms with Crippen LogP contribution in [0.1, 0.15) is 11.1 Å². The average molecular weight is 403 g/mol. The van der Waals surface area contributed by atoms with E-state index >= 15 is 0 Å². The van der Waals surface area contributed by atoms with E-state index in [1.54, 1.807) is 13.2 Å². The Hall–Kier alpha value is -3.51. The van der Waals surface area contributed by atoms with Crippen LogP contribution in [0.5, 0.6) is 5.75 Å². The van der Waals surface area contributed by atoms with Gasteiger partial charge in [0.25, 0.3) is 0 Å². The molecule has 0 fully saturated rings. The Morgan fingerprint density at radius 2 is 1.77 bits per heavy atom. The monoisotopic (exact) mass is 403 g/mol. The van der Waals surface area contributed by atoms with E-state index in [9.17, 15) is 4.79 Å². The number of urea groups is 1. The van der Waals surface area contributed by atoms with Gasteiger partial charge in [0.15, 0.2) is 0 Å². The van der Waals surface area contributed by atoms with E-state index in [1.807, 2.05) is 56.6 Å². The van der Waals surface area contributed by atoms with Crippen LogP contribution in [0.4, 0.5) is 10.5 Å². The van der Waals surface area contributed by atoms with Gasteiger partial charge < -0.3 is 24.7 Å². The fourth-order valence-corrected chi connectivity index (χ4v) is 3.57. The van der Waals surface area contributed by atoms with Crippen LogP contribution in [0.2, 0.25) is 0 Å². The Morgan fingerprint density at radius 1 is 0.967 bits per heavy atom. The van der Waals surface area contributed by atoms with Crippen LogP contribution in [-0.2, 0) is 13.1 Å². The van der Waals surface area contributed by atoms with Gasteiger partial charge in [-0.25, -0.2) is 4.79 Å². The molecule has 0 saturated heterocycles. The summed E-state index contributed by atoms with van der Waals surface area (Å²) >= 11 is 0. The fraction of sp³-hybridized carbons (Fsp3) is 0.208. The number of para-hydroxylation sites is 1. The molecular formula is C24H25N3O3. The van der Waals surface area contributed by atoms with Crippen molar-refractivity contribution in [2.24, 2.45) is 0 Å². The van der Waals surface area contributed by atoms with E-state index in [0.29, 0.717) is 23.6 Å². The number of amides is 2. The first-order valence-electron chi connectivity index (χ1n) is 9.80. The molecule has 4 rings (SSSR count). The van der Waals surface area contributed by atoms with Crippen molar-refractivity contribution in [1.29, 1.82) is 0 Å². The van der Waals surface area contributed by atoms with Crippen LogP contribution in [0.25, 0.3) is 21.9 Å². The fourth-order valence-electron chi connectivity index (χ4n) is 3.57. The first-order valence-corrected chi connectivity index (χ1v) is 9.80. The highest BCUT2D eigenvalue weighted by Crippen LogP contribution is 2.36. The number of nitrogens with zero attached hydrogens (tertiary/aromatic N) is 1. The minimum absolute atomic E-state index is 0.304. The Bertz CT molecular complexity index is 1200. The largest absolute Gasteiger partial charge is 0.495 e. The van der Waals surface area contributed by atoms with Crippen LogP contribution >= 0.6 is 0 Å². The van der Waals surface area contributed by atoms with Gasteiger partial charge in [0, 0.05) is 29.9 Å². The number of methoxy groups -OCH3 is 1. The van der Waals surface area contributed by atoms with E-state index in [4.69, 9.17) is 9.15 Å². The minimum Gasteiger partial charge on any atom is -0.495 e. The van der Waals surface area contributed by atoms with Gasteiger partial charge in [-0.1, -0.05) is 42.5 Å². The summed E-state index contributed by atoms with van der Waals surface area (Å²) in [7, 11) is 5.65.